The minimum Gasteiger partial charge on any atom is -0.398 e. The molecule has 0 aliphatic carbocycles. The maximum absolute atomic E-state index is 13.3. The van der Waals surface area contributed by atoms with Crippen molar-refractivity contribution < 1.29 is 19.5 Å². The number of amides is 3. The van der Waals surface area contributed by atoms with E-state index in [9.17, 15) is 19.5 Å². The molecule has 4 rings (SSSR count). The van der Waals surface area contributed by atoms with Gasteiger partial charge in [0, 0.05) is 76.6 Å². The van der Waals surface area contributed by atoms with E-state index in [-0.39, 0.29) is 17.8 Å². The highest BCUT2D eigenvalue weighted by Gasteiger charge is 2.18. The number of carbonyl (C=O) groups excluding carboxylic acids is 3. The average molecular weight is 587 g/mol. The van der Waals surface area contributed by atoms with Crippen molar-refractivity contribution in [2.24, 2.45) is 10.7 Å². The van der Waals surface area contributed by atoms with Gasteiger partial charge in [-0.3, -0.25) is 29.3 Å². The SMILES string of the molecule is CC(C)(O)CCN=Cc1cc(NC(=O)c2csc(-c3ccncc3)n2)c(-c2cncc(C(=O)NCC(N)=O)c2)cc1N. The molecule has 3 amide bonds. The molecule has 216 valence electrons. The Morgan fingerprint density at radius 3 is 2.55 bits per heavy atom. The van der Waals surface area contributed by atoms with Crippen LogP contribution in [-0.2, 0) is 4.79 Å². The third-order valence-electron chi connectivity index (χ3n) is 5.95. The zero-order chi connectivity index (χ0) is 30.3. The Hall–Kier alpha value is -5.01. The fraction of sp³-hybridized carbons (Fsp3) is 0.207. The first-order chi connectivity index (χ1) is 20.0. The molecule has 0 bridgehead atoms. The fourth-order valence-corrected chi connectivity index (χ4v) is 4.57. The Balaban J connectivity index is 1.68. The Morgan fingerprint density at radius 2 is 1.83 bits per heavy atom. The lowest BCUT2D eigenvalue weighted by Gasteiger charge is -2.15. The maximum Gasteiger partial charge on any atom is 0.275 e. The normalized spacial score (nSPS) is 11.4. The molecule has 13 heteroatoms. The summed E-state index contributed by atoms with van der Waals surface area (Å²) in [5.74, 6) is -1.67. The molecule has 0 spiro atoms. The molecular weight excluding hydrogens is 556 g/mol. The summed E-state index contributed by atoms with van der Waals surface area (Å²) < 4.78 is 0. The molecule has 0 saturated heterocycles. The van der Waals surface area contributed by atoms with Crippen molar-refractivity contribution in [3.63, 3.8) is 0 Å². The summed E-state index contributed by atoms with van der Waals surface area (Å²) in [4.78, 5) is 54.0. The van der Waals surface area contributed by atoms with E-state index in [2.05, 4.69) is 30.6 Å². The number of primary amides is 1. The largest absolute Gasteiger partial charge is 0.398 e. The monoisotopic (exact) mass is 586 g/mol. The summed E-state index contributed by atoms with van der Waals surface area (Å²) >= 11 is 1.33. The van der Waals surface area contributed by atoms with Crippen LogP contribution in [0.5, 0.6) is 0 Å². The number of benzene rings is 1. The molecule has 12 nitrogen and oxygen atoms in total. The number of hydrogen-bond donors (Lipinski definition) is 5. The van der Waals surface area contributed by atoms with Gasteiger partial charge < -0.3 is 27.2 Å². The lowest BCUT2D eigenvalue weighted by Crippen LogP contribution is -2.33. The molecule has 7 N–H and O–H groups in total. The minimum absolute atomic E-state index is 0.184. The van der Waals surface area contributed by atoms with Gasteiger partial charge in [-0.15, -0.1) is 11.3 Å². The number of thiazole rings is 1. The second-order valence-corrected chi connectivity index (χ2v) is 10.8. The second-order valence-electron chi connectivity index (χ2n) is 9.96. The molecule has 0 radical (unpaired) electrons. The number of nitrogen functional groups attached to an aromatic ring is 1. The summed E-state index contributed by atoms with van der Waals surface area (Å²) in [6.45, 7) is 3.45. The van der Waals surface area contributed by atoms with Crippen LogP contribution in [0.4, 0.5) is 11.4 Å². The number of aliphatic hydroxyl groups is 1. The second kappa shape index (κ2) is 13.1. The van der Waals surface area contributed by atoms with Crippen molar-refractivity contribution in [2.75, 3.05) is 24.1 Å². The quantitative estimate of drug-likeness (QED) is 0.130. The third kappa shape index (κ3) is 8.02. The lowest BCUT2D eigenvalue weighted by atomic mass is 10.00. The molecule has 3 aromatic heterocycles. The number of aromatic nitrogens is 3. The van der Waals surface area contributed by atoms with Crippen LogP contribution in [0.1, 0.15) is 46.7 Å². The molecular formula is C29H30N8O4S. The van der Waals surface area contributed by atoms with E-state index < -0.39 is 23.3 Å². The topological polar surface area (TPSA) is 199 Å². The first-order valence-electron chi connectivity index (χ1n) is 12.8. The standard InChI is InChI=1S/C29H30N8O4S/c1-29(2,41)5-8-33-13-19-10-23(36-27(40)24-16-42-28(37-24)17-3-6-32-7-4-17)21(11-22(19)30)18-9-20(14-34-12-18)26(39)35-15-25(31)38/h3-4,6-7,9-14,16,41H,5,8,15,30H2,1-2H3,(H2,31,38)(H,35,39)(H,36,40). The van der Waals surface area contributed by atoms with Gasteiger partial charge in [0.25, 0.3) is 11.8 Å². The number of rotatable bonds is 11. The Kier molecular flexibility index (Phi) is 9.35. The van der Waals surface area contributed by atoms with Crippen molar-refractivity contribution in [1.29, 1.82) is 0 Å². The molecule has 0 atom stereocenters. The molecule has 0 unspecified atom stereocenters. The number of nitrogens with two attached hydrogens (primary N) is 2. The average Bonchev–Trinajstić information content (AvgIpc) is 3.46. The van der Waals surface area contributed by atoms with Crippen LogP contribution >= 0.6 is 11.3 Å². The van der Waals surface area contributed by atoms with Gasteiger partial charge in [-0.05, 0) is 50.6 Å². The van der Waals surface area contributed by atoms with Crippen LogP contribution in [0.15, 0.2) is 65.5 Å². The highest BCUT2D eigenvalue weighted by Crippen LogP contribution is 2.33. The van der Waals surface area contributed by atoms with E-state index in [1.54, 1.807) is 56.0 Å². The van der Waals surface area contributed by atoms with E-state index >= 15 is 0 Å². The molecule has 0 aliphatic heterocycles. The fourth-order valence-electron chi connectivity index (χ4n) is 3.76. The van der Waals surface area contributed by atoms with E-state index in [4.69, 9.17) is 11.5 Å². The number of anilines is 2. The lowest BCUT2D eigenvalue weighted by molar-refractivity contribution is -0.117. The van der Waals surface area contributed by atoms with Gasteiger partial charge in [0.2, 0.25) is 5.91 Å². The minimum atomic E-state index is -0.865. The van der Waals surface area contributed by atoms with Crippen molar-refractivity contribution in [3.05, 3.63) is 77.3 Å². The smallest absolute Gasteiger partial charge is 0.275 e. The van der Waals surface area contributed by atoms with Crippen LogP contribution in [0.25, 0.3) is 21.7 Å². The highest BCUT2D eigenvalue weighted by molar-refractivity contribution is 7.13. The number of carbonyl (C=O) groups is 3. The first-order valence-corrected chi connectivity index (χ1v) is 13.7. The summed E-state index contributed by atoms with van der Waals surface area (Å²) in [5.41, 5.74) is 14.1. The van der Waals surface area contributed by atoms with Crippen molar-refractivity contribution in [2.45, 2.75) is 25.9 Å². The van der Waals surface area contributed by atoms with E-state index in [0.29, 0.717) is 46.0 Å². The number of pyridine rings is 2. The van der Waals surface area contributed by atoms with Gasteiger partial charge in [-0.1, -0.05) is 0 Å². The van der Waals surface area contributed by atoms with Gasteiger partial charge in [0.05, 0.1) is 17.7 Å². The Bertz CT molecular complexity index is 1630. The molecule has 3 heterocycles. The Labute approximate surface area is 246 Å². The molecule has 0 fully saturated rings. The number of hydrogen-bond acceptors (Lipinski definition) is 10. The van der Waals surface area contributed by atoms with E-state index in [1.165, 1.54) is 23.7 Å². The first kappa shape index (κ1) is 30.0. The van der Waals surface area contributed by atoms with Crippen LogP contribution in [0.2, 0.25) is 0 Å². The number of nitrogens with zero attached hydrogens (tertiary/aromatic N) is 4. The van der Waals surface area contributed by atoms with Crippen LogP contribution in [0, 0.1) is 0 Å². The Morgan fingerprint density at radius 1 is 1.07 bits per heavy atom. The van der Waals surface area contributed by atoms with Gasteiger partial charge >= 0.3 is 0 Å². The van der Waals surface area contributed by atoms with Crippen molar-refractivity contribution >= 4 is 46.6 Å². The van der Waals surface area contributed by atoms with Gasteiger partial charge in [-0.2, -0.15) is 0 Å². The van der Waals surface area contributed by atoms with E-state index in [1.807, 2.05) is 12.1 Å². The molecule has 1 aromatic carbocycles. The van der Waals surface area contributed by atoms with Crippen LogP contribution in [0.3, 0.4) is 0 Å². The summed E-state index contributed by atoms with van der Waals surface area (Å²) in [5, 5.41) is 17.6. The molecule has 42 heavy (non-hydrogen) atoms. The van der Waals surface area contributed by atoms with Crippen LogP contribution in [-0.4, -0.2) is 62.7 Å². The predicted octanol–water partition coefficient (Wildman–Crippen LogP) is 2.90. The van der Waals surface area contributed by atoms with Crippen LogP contribution < -0.4 is 22.1 Å². The van der Waals surface area contributed by atoms with Crippen molar-refractivity contribution in [3.8, 4) is 21.7 Å². The highest BCUT2D eigenvalue weighted by atomic mass is 32.1. The van der Waals surface area contributed by atoms with Gasteiger partial charge in [0.1, 0.15) is 10.7 Å². The van der Waals surface area contributed by atoms with Gasteiger partial charge in [-0.25, -0.2) is 4.98 Å². The number of aliphatic imine (C=N–C) groups is 1. The zero-order valence-electron chi connectivity index (χ0n) is 23.0. The summed E-state index contributed by atoms with van der Waals surface area (Å²) in [7, 11) is 0. The summed E-state index contributed by atoms with van der Waals surface area (Å²) in [6.07, 6.45) is 8.20. The molecule has 0 aliphatic rings. The maximum atomic E-state index is 13.3. The van der Waals surface area contributed by atoms with Crippen molar-refractivity contribution in [1.82, 2.24) is 20.3 Å². The third-order valence-corrected chi connectivity index (χ3v) is 6.84. The van der Waals surface area contributed by atoms with E-state index in [0.717, 1.165) is 5.56 Å². The van der Waals surface area contributed by atoms with Gasteiger partial charge in [0.15, 0.2) is 0 Å². The summed E-state index contributed by atoms with van der Waals surface area (Å²) in [6, 6.07) is 8.50. The zero-order valence-corrected chi connectivity index (χ0v) is 23.8. The molecule has 0 saturated carbocycles. The number of nitrogens with one attached hydrogen (secondary N) is 2. The predicted molar refractivity (Wildman–Crippen MR) is 162 cm³/mol. The molecule has 4 aromatic rings.